The van der Waals surface area contributed by atoms with Crippen molar-refractivity contribution in [3.05, 3.63) is 53.6 Å². The van der Waals surface area contributed by atoms with Gasteiger partial charge in [0.2, 0.25) is 0 Å². The normalized spacial score (nSPS) is 27.3. The lowest BCUT2D eigenvalue weighted by molar-refractivity contribution is 0.253. The number of allylic oxidation sites excluding steroid dienone is 1. The molecule has 1 saturated heterocycles. The Bertz CT molecular complexity index is 785. The van der Waals surface area contributed by atoms with Crippen molar-refractivity contribution in [2.45, 2.75) is 19.3 Å². The molecule has 1 saturated carbocycles. The summed E-state index contributed by atoms with van der Waals surface area (Å²) in [6.07, 6.45) is 4.23. The topological polar surface area (TPSA) is 15.3 Å². The first kappa shape index (κ1) is 14.7. The van der Waals surface area contributed by atoms with Crippen LogP contribution in [0.3, 0.4) is 0 Å². The van der Waals surface area contributed by atoms with Gasteiger partial charge in [0.25, 0.3) is 0 Å². The zero-order valence-corrected chi connectivity index (χ0v) is 14.3. The molecule has 0 aromatic heterocycles. The highest BCUT2D eigenvalue weighted by Crippen LogP contribution is 2.52. The third kappa shape index (κ3) is 2.49. The van der Waals surface area contributed by atoms with Gasteiger partial charge in [0.05, 0.1) is 0 Å². The van der Waals surface area contributed by atoms with E-state index < -0.39 is 0 Å². The molecule has 0 amide bonds. The Kier molecular flexibility index (Phi) is 3.68. The summed E-state index contributed by atoms with van der Waals surface area (Å²) in [6.45, 7) is 5.89. The molecule has 2 aliphatic carbocycles. The molecule has 2 heteroatoms. The van der Waals surface area contributed by atoms with E-state index in [1.807, 2.05) is 0 Å². The van der Waals surface area contributed by atoms with E-state index in [1.54, 1.807) is 11.1 Å². The van der Waals surface area contributed by atoms with Gasteiger partial charge in [0.1, 0.15) is 0 Å². The Labute approximate surface area is 144 Å². The molecule has 2 aromatic carbocycles. The summed E-state index contributed by atoms with van der Waals surface area (Å²) in [4.78, 5) is 2.66. The molecule has 2 unspecified atom stereocenters. The fourth-order valence-electron chi connectivity index (χ4n) is 5.14. The van der Waals surface area contributed by atoms with Gasteiger partial charge in [0, 0.05) is 32.7 Å². The maximum absolute atomic E-state index is 3.48. The zero-order chi connectivity index (χ0) is 15.9. The number of nitrogens with zero attached hydrogens (tertiary/aromatic N) is 1. The van der Waals surface area contributed by atoms with Gasteiger partial charge < -0.3 is 5.32 Å². The lowest BCUT2D eigenvalue weighted by Gasteiger charge is -2.31. The van der Waals surface area contributed by atoms with E-state index in [0.717, 1.165) is 24.9 Å². The second-order valence-corrected chi connectivity index (χ2v) is 7.73. The van der Waals surface area contributed by atoms with Gasteiger partial charge in [-0.1, -0.05) is 36.4 Å². The Morgan fingerprint density at radius 2 is 1.71 bits per heavy atom. The lowest BCUT2D eigenvalue weighted by Crippen LogP contribution is -2.44. The van der Waals surface area contributed by atoms with E-state index in [4.69, 9.17) is 0 Å². The molecule has 2 atom stereocenters. The minimum Gasteiger partial charge on any atom is -0.314 e. The van der Waals surface area contributed by atoms with Crippen LogP contribution in [0.25, 0.3) is 16.3 Å². The SMILES string of the molecule is c1ccc2cc(C3=C(CN4CCNCC4)C4CCC3C4)ccc2c1. The van der Waals surface area contributed by atoms with Crippen LogP contribution < -0.4 is 5.32 Å². The highest BCUT2D eigenvalue weighted by Gasteiger charge is 2.39. The second kappa shape index (κ2) is 6.02. The molecule has 0 radical (unpaired) electrons. The molecule has 0 spiro atoms. The first-order chi connectivity index (χ1) is 11.9. The predicted octanol–water partition coefficient (Wildman–Crippen LogP) is 3.93. The quantitative estimate of drug-likeness (QED) is 0.922. The van der Waals surface area contributed by atoms with E-state index in [0.29, 0.717) is 0 Å². The molecule has 1 aliphatic heterocycles. The Hall–Kier alpha value is -1.64. The number of fused-ring (bicyclic) bond motifs is 3. The van der Waals surface area contributed by atoms with Crippen molar-refractivity contribution in [1.82, 2.24) is 10.2 Å². The molecule has 5 rings (SSSR count). The summed E-state index contributed by atoms with van der Waals surface area (Å²) in [5, 5.41) is 6.22. The van der Waals surface area contributed by atoms with E-state index >= 15 is 0 Å². The van der Waals surface area contributed by atoms with Crippen molar-refractivity contribution in [3.8, 4) is 0 Å². The van der Waals surface area contributed by atoms with Crippen LogP contribution in [-0.2, 0) is 0 Å². The van der Waals surface area contributed by atoms with E-state index in [9.17, 15) is 0 Å². The van der Waals surface area contributed by atoms with Gasteiger partial charge in [0.15, 0.2) is 0 Å². The molecule has 24 heavy (non-hydrogen) atoms. The highest BCUT2D eigenvalue weighted by atomic mass is 15.2. The van der Waals surface area contributed by atoms with Crippen LogP contribution in [0.1, 0.15) is 24.8 Å². The molecule has 2 aromatic rings. The van der Waals surface area contributed by atoms with E-state index in [-0.39, 0.29) is 0 Å². The van der Waals surface area contributed by atoms with Crippen LogP contribution in [0.4, 0.5) is 0 Å². The van der Waals surface area contributed by atoms with Gasteiger partial charge >= 0.3 is 0 Å². The predicted molar refractivity (Wildman–Crippen MR) is 101 cm³/mol. The van der Waals surface area contributed by atoms with Crippen molar-refractivity contribution in [3.63, 3.8) is 0 Å². The smallest absolute Gasteiger partial charge is 0.0202 e. The number of benzene rings is 2. The second-order valence-electron chi connectivity index (χ2n) is 7.73. The first-order valence-electron chi connectivity index (χ1n) is 9.54. The number of hydrogen-bond donors (Lipinski definition) is 1. The standard InChI is InChI=1S/C22H26N2/c1-2-4-17-13-19(7-5-16(17)3-1)22-20-8-6-18(14-20)21(22)15-24-11-9-23-10-12-24/h1-5,7,13,18,20,23H,6,8-12,14-15H2. The van der Waals surface area contributed by atoms with E-state index in [2.05, 4.69) is 52.7 Å². The highest BCUT2D eigenvalue weighted by molar-refractivity contribution is 5.87. The van der Waals surface area contributed by atoms with Crippen molar-refractivity contribution in [2.75, 3.05) is 32.7 Å². The molecular formula is C22H26N2. The number of piperazine rings is 1. The summed E-state index contributed by atoms with van der Waals surface area (Å²) < 4.78 is 0. The number of nitrogens with one attached hydrogen (secondary N) is 1. The summed E-state index contributed by atoms with van der Waals surface area (Å²) in [7, 11) is 0. The summed E-state index contributed by atoms with van der Waals surface area (Å²) >= 11 is 0. The average Bonchev–Trinajstić information content (AvgIpc) is 3.24. The summed E-state index contributed by atoms with van der Waals surface area (Å²) in [6, 6.07) is 15.9. The third-order valence-corrected chi connectivity index (χ3v) is 6.34. The fraction of sp³-hybridized carbons (Fsp3) is 0.455. The average molecular weight is 318 g/mol. The number of hydrogen-bond acceptors (Lipinski definition) is 2. The van der Waals surface area contributed by atoms with Crippen molar-refractivity contribution < 1.29 is 0 Å². The van der Waals surface area contributed by atoms with Crippen molar-refractivity contribution in [1.29, 1.82) is 0 Å². The summed E-state index contributed by atoms with van der Waals surface area (Å²) in [5.41, 5.74) is 4.96. The van der Waals surface area contributed by atoms with Gasteiger partial charge in [-0.15, -0.1) is 0 Å². The largest absolute Gasteiger partial charge is 0.314 e. The maximum atomic E-state index is 3.48. The van der Waals surface area contributed by atoms with Gasteiger partial charge in [-0.3, -0.25) is 4.90 Å². The van der Waals surface area contributed by atoms with Gasteiger partial charge in [-0.05, 0) is 64.6 Å². The van der Waals surface area contributed by atoms with Crippen LogP contribution in [0.15, 0.2) is 48.0 Å². The molecule has 124 valence electrons. The van der Waals surface area contributed by atoms with Crippen LogP contribution >= 0.6 is 0 Å². The minimum atomic E-state index is 0.814. The lowest BCUT2D eigenvalue weighted by atomic mass is 9.86. The minimum absolute atomic E-state index is 0.814. The Morgan fingerprint density at radius 1 is 0.917 bits per heavy atom. The monoisotopic (exact) mass is 318 g/mol. The van der Waals surface area contributed by atoms with Crippen molar-refractivity contribution in [2.24, 2.45) is 11.8 Å². The fourth-order valence-corrected chi connectivity index (χ4v) is 5.14. The molecule has 1 N–H and O–H groups in total. The van der Waals surface area contributed by atoms with E-state index in [1.165, 1.54) is 55.2 Å². The van der Waals surface area contributed by atoms with Crippen LogP contribution in [0.2, 0.25) is 0 Å². The molecule has 2 fully saturated rings. The Morgan fingerprint density at radius 3 is 2.58 bits per heavy atom. The molecular weight excluding hydrogens is 292 g/mol. The van der Waals surface area contributed by atoms with Gasteiger partial charge in [-0.2, -0.15) is 0 Å². The molecule has 2 bridgehead atoms. The zero-order valence-electron chi connectivity index (χ0n) is 14.3. The van der Waals surface area contributed by atoms with Crippen LogP contribution in [0, 0.1) is 11.8 Å². The molecule has 1 heterocycles. The Balaban J connectivity index is 1.53. The molecule has 2 nitrogen and oxygen atoms in total. The van der Waals surface area contributed by atoms with Gasteiger partial charge in [-0.25, -0.2) is 0 Å². The third-order valence-electron chi connectivity index (χ3n) is 6.34. The maximum Gasteiger partial charge on any atom is 0.0202 e. The molecule has 3 aliphatic rings. The van der Waals surface area contributed by atoms with Crippen LogP contribution in [-0.4, -0.2) is 37.6 Å². The summed E-state index contributed by atoms with van der Waals surface area (Å²) in [5.74, 6) is 1.67. The van der Waals surface area contributed by atoms with Crippen LogP contribution in [0.5, 0.6) is 0 Å². The number of rotatable bonds is 3. The van der Waals surface area contributed by atoms with Crippen molar-refractivity contribution >= 4 is 16.3 Å². The first-order valence-corrected chi connectivity index (χ1v) is 9.54.